The van der Waals surface area contributed by atoms with Gasteiger partial charge in [0, 0.05) is 2.85 Å². The molecule has 0 radical (unpaired) electrons. The molecule has 0 aliphatic heterocycles. The van der Waals surface area contributed by atoms with Crippen molar-refractivity contribution in [3.05, 3.63) is 29.3 Å². The molecule has 27 heavy (non-hydrogen) atoms. The molecule has 0 unspecified atom stereocenters. The van der Waals surface area contributed by atoms with Crippen LogP contribution in [0.3, 0.4) is 0 Å². The van der Waals surface area contributed by atoms with E-state index < -0.39 is 11.6 Å². The summed E-state index contributed by atoms with van der Waals surface area (Å²) in [6.45, 7) is 4.66. The molecule has 1 aromatic rings. The lowest BCUT2D eigenvalue weighted by Gasteiger charge is -2.38. The highest BCUT2D eigenvalue weighted by Gasteiger charge is 2.32. The molecule has 0 N–H and O–H groups in total. The van der Waals surface area contributed by atoms with Gasteiger partial charge in [-0.3, -0.25) is 0 Å². The monoisotopic (exact) mass is 382 g/mol. The lowest BCUT2D eigenvalue weighted by molar-refractivity contribution is 0.155. The average molecular weight is 383 g/mol. The predicted molar refractivity (Wildman–Crippen MR) is 111 cm³/mol. The zero-order valence-corrected chi connectivity index (χ0v) is 17.1. The van der Waals surface area contributed by atoms with E-state index in [2.05, 4.69) is 6.92 Å². The lowest BCUT2D eigenvalue weighted by atomic mass is 9.68. The van der Waals surface area contributed by atoms with Crippen LogP contribution in [0.25, 0.3) is 0 Å². The first-order valence-corrected chi connectivity index (χ1v) is 11.2. The summed E-state index contributed by atoms with van der Waals surface area (Å²) in [7, 11) is 0. The van der Waals surface area contributed by atoms with Crippen LogP contribution in [0.1, 0.15) is 98.8 Å². The minimum Gasteiger partial charge on any atom is -0.490 e. The highest BCUT2D eigenvalue weighted by atomic mass is 19.2. The number of rotatable bonds is 7. The highest BCUT2D eigenvalue weighted by molar-refractivity contribution is 5.33. The van der Waals surface area contributed by atoms with Crippen molar-refractivity contribution in [1.29, 1.82) is 0 Å². The molecule has 0 saturated heterocycles. The zero-order chi connectivity index (χ0) is 19.2. The van der Waals surface area contributed by atoms with Gasteiger partial charge in [0.2, 0.25) is 5.82 Å². The van der Waals surface area contributed by atoms with Crippen molar-refractivity contribution in [2.75, 3.05) is 6.61 Å². The van der Waals surface area contributed by atoms with Gasteiger partial charge >= 0.3 is 0 Å². The summed E-state index contributed by atoms with van der Waals surface area (Å²) in [6, 6.07) is 3.37. The molecule has 3 heteroatoms. The van der Waals surface area contributed by atoms with E-state index in [4.69, 9.17) is 4.74 Å². The van der Waals surface area contributed by atoms with Gasteiger partial charge in [-0.15, -0.1) is 0 Å². The SMILES string of the molecule is CCCOc1ccc(C2CCC(C3CCC(CCC)CC3)CC2)c(F)c1F.[HH].[HH]. The molecule has 1 nitrogen and oxygen atoms in total. The topological polar surface area (TPSA) is 9.23 Å². The normalized spacial score (nSPS) is 28.9. The summed E-state index contributed by atoms with van der Waals surface area (Å²) < 4.78 is 34.2. The van der Waals surface area contributed by atoms with Crippen LogP contribution >= 0.6 is 0 Å². The number of benzene rings is 1. The molecule has 2 aliphatic rings. The van der Waals surface area contributed by atoms with Crippen LogP contribution in [0.15, 0.2) is 12.1 Å². The van der Waals surface area contributed by atoms with Crippen LogP contribution in [-0.2, 0) is 0 Å². The maximum atomic E-state index is 14.6. The Labute approximate surface area is 166 Å². The third kappa shape index (κ3) is 5.03. The summed E-state index contributed by atoms with van der Waals surface area (Å²) >= 11 is 0. The van der Waals surface area contributed by atoms with Crippen molar-refractivity contribution in [3.63, 3.8) is 0 Å². The molecular weight excluding hydrogens is 342 g/mol. The fourth-order valence-electron chi connectivity index (χ4n) is 5.44. The van der Waals surface area contributed by atoms with Crippen molar-refractivity contribution in [1.82, 2.24) is 0 Å². The van der Waals surface area contributed by atoms with Crippen molar-refractivity contribution < 1.29 is 16.4 Å². The van der Waals surface area contributed by atoms with E-state index in [1.54, 1.807) is 12.1 Å². The molecule has 156 valence electrons. The average Bonchev–Trinajstić information content (AvgIpc) is 2.70. The van der Waals surface area contributed by atoms with E-state index in [1.807, 2.05) is 6.92 Å². The van der Waals surface area contributed by atoms with Gasteiger partial charge < -0.3 is 4.74 Å². The predicted octanol–water partition coefficient (Wildman–Crippen LogP) is 8.13. The second kappa shape index (κ2) is 9.89. The Balaban J connectivity index is 0.00000210. The highest BCUT2D eigenvalue weighted by Crippen LogP contribution is 2.45. The quantitative estimate of drug-likeness (QED) is 0.462. The van der Waals surface area contributed by atoms with Crippen LogP contribution in [0.5, 0.6) is 5.75 Å². The van der Waals surface area contributed by atoms with E-state index in [0.717, 1.165) is 37.0 Å². The zero-order valence-electron chi connectivity index (χ0n) is 17.1. The third-order valence-corrected chi connectivity index (χ3v) is 7.01. The summed E-state index contributed by atoms with van der Waals surface area (Å²) in [5, 5.41) is 0. The van der Waals surface area contributed by atoms with Crippen molar-refractivity contribution in [2.24, 2.45) is 17.8 Å². The van der Waals surface area contributed by atoms with Gasteiger partial charge in [0.15, 0.2) is 11.6 Å². The van der Waals surface area contributed by atoms with Crippen LogP contribution in [0.4, 0.5) is 8.78 Å². The Bertz CT molecular complexity index is 595. The van der Waals surface area contributed by atoms with Crippen LogP contribution < -0.4 is 4.74 Å². The fourth-order valence-corrected chi connectivity index (χ4v) is 5.44. The second-order valence-corrected chi connectivity index (χ2v) is 8.81. The van der Waals surface area contributed by atoms with Gasteiger partial charge in [0.25, 0.3) is 0 Å². The largest absolute Gasteiger partial charge is 0.490 e. The Morgan fingerprint density at radius 1 is 0.852 bits per heavy atom. The van der Waals surface area contributed by atoms with Gasteiger partial charge in [-0.05, 0) is 80.2 Å². The molecule has 0 amide bonds. The molecule has 2 saturated carbocycles. The van der Waals surface area contributed by atoms with Crippen molar-refractivity contribution in [3.8, 4) is 5.75 Å². The number of ether oxygens (including phenoxy) is 1. The van der Waals surface area contributed by atoms with Crippen LogP contribution in [-0.4, -0.2) is 6.61 Å². The standard InChI is InChI=1S/C24H36F2O.2H2/c1-3-5-17-6-8-18(9-7-17)19-10-12-20(13-11-19)21-14-15-22(27-16-4-2)24(26)23(21)25;;/h14-15,17-20H,3-13,16H2,1-2H3;2*1H. The van der Waals surface area contributed by atoms with Gasteiger partial charge in [-0.25, -0.2) is 4.39 Å². The van der Waals surface area contributed by atoms with E-state index in [0.29, 0.717) is 12.2 Å². The summed E-state index contributed by atoms with van der Waals surface area (Å²) in [6.07, 6.45) is 13.4. The number of hydrogen-bond donors (Lipinski definition) is 0. The van der Waals surface area contributed by atoms with Gasteiger partial charge in [-0.2, -0.15) is 4.39 Å². The summed E-state index contributed by atoms with van der Waals surface area (Å²) in [5.74, 6) is 1.33. The molecule has 0 aromatic heterocycles. The molecule has 2 fully saturated rings. The molecule has 3 rings (SSSR count). The molecular formula is C24H40F2O. The van der Waals surface area contributed by atoms with Gasteiger partial charge in [-0.1, -0.05) is 45.6 Å². The van der Waals surface area contributed by atoms with E-state index in [1.165, 1.54) is 51.4 Å². The Morgan fingerprint density at radius 2 is 1.48 bits per heavy atom. The maximum absolute atomic E-state index is 14.6. The lowest BCUT2D eigenvalue weighted by Crippen LogP contribution is -2.25. The van der Waals surface area contributed by atoms with Gasteiger partial charge in [0.05, 0.1) is 6.61 Å². The van der Waals surface area contributed by atoms with E-state index >= 15 is 0 Å². The van der Waals surface area contributed by atoms with E-state index in [9.17, 15) is 8.78 Å². The first-order valence-electron chi connectivity index (χ1n) is 11.2. The summed E-state index contributed by atoms with van der Waals surface area (Å²) in [5.41, 5.74) is 0.557. The molecule has 1 aromatic carbocycles. The van der Waals surface area contributed by atoms with Gasteiger partial charge in [0.1, 0.15) is 0 Å². The van der Waals surface area contributed by atoms with Crippen LogP contribution in [0.2, 0.25) is 0 Å². The Morgan fingerprint density at radius 3 is 2.07 bits per heavy atom. The molecule has 0 heterocycles. The third-order valence-electron chi connectivity index (χ3n) is 7.01. The smallest absolute Gasteiger partial charge is 0.200 e. The minimum atomic E-state index is -0.808. The van der Waals surface area contributed by atoms with E-state index in [-0.39, 0.29) is 14.5 Å². The van der Waals surface area contributed by atoms with Crippen molar-refractivity contribution in [2.45, 2.75) is 90.4 Å². The molecule has 0 spiro atoms. The first-order chi connectivity index (χ1) is 13.1. The maximum Gasteiger partial charge on any atom is 0.200 e. The Hall–Kier alpha value is -1.12. The first kappa shape index (κ1) is 20.6. The Kier molecular flexibility index (Phi) is 7.55. The summed E-state index contributed by atoms with van der Waals surface area (Å²) in [4.78, 5) is 0. The minimum absolute atomic E-state index is 0. The second-order valence-electron chi connectivity index (χ2n) is 8.81. The number of hydrogen-bond acceptors (Lipinski definition) is 1. The van der Waals surface area contributed by atoms with Crippen LogP contribution in [0, 0.1) is 29.4 Å². The molecule has 0 atom stereocenters. The fraction of sp³-hybridized carbons (Fsp3) is 0.750. The molecule has 0 bridgehead atoms. The van der Waals surface area contributed by atoms with Crippen molar-refractivity contribution >= 4 is 0 Å². The number of halogens is 2. The molecule has 2 aliphatic carbocycles.